The van der Waals surface area contributed by atoms with Gasteiger partial charge in [0.1, 0.15) is 12.4 Å². The predicted molar refractivity (Wildman–Crippen MR) is 130 cm³/mol. The molecule has 0 aliphatic carbocycles. The molecule has 2 aliphatic rings. The Kier molecular flexibility index (Phi) is 7.13. The number of benzene rings is 2. The van der Waals surface area contributed by atoms with Crippen LogP contribution in [0.5, 0.6) is 11.5 Å². The van der Waals surface area contributed by atoms with E-state index in [2.05, 4.69) is 23.3 Å². The van der Waals surface area contributed by atoms with Gasteiger partial charge in [0.05, 0.1) is 17.6 Å². The molecule has 0 spiro atoms. The first kappa shape index (κ1) is 24.1. The summed E-state index contributed by atoms with van der Waals surface area (Å²) in [5.41, 5.74) is 1.42. The van der Waals surface area contributed by atoms with Crippen molar-refractivity contribution in [3.05, 3.63) is 58.9 Å². The lowest BCUT2D eigenvalue weighted by atomic mass is 9.95. The molecule has 4 rings (SSSR count). The maximum atomic E-state index is 16.1. The molecule has 0 aromatic heterocycles. The number of aromatic hydroxyl groups is 1. The number of hydrogen-bond acceptors (Lipinski definition) is 5. The van der Waals surface area contributed by atoms with Gasteiger partial charge in [-0.3, -0.25) is 14.6 Å². The molecule has 0 saturated carbocycles. The van der Waals surface area contributed by atoms with Crippen LogP contribution in [0.2, 0.25) is 5.02 Å². The van der Waals surface area contributed by atoms with Gasteiger partial charge in [-0.25, -0.2) is 4.39 Å². The molecule has 34 heavy (non-hydrogen) atoms. The van der Waals surface area contributed by atoms with Gasteiger partial charge in [0, 0.05) is 48.4 Å². The van der Waals surface area contributed by atoms with Crippen molar-refractivity contribution >= 4 is 17.5 Å². The van der Waals surface area contributed by atoms with Crippen molar-refractivity contribution in [2.45, 2.75) is 12.6 Å². The van der Waals surface area contributed by atoms with Crippen LogP contribution >= 0.6 is 11.6 Å². The number of rotatable bonds is 3. The molecule has 2 aliphatic heterocycles. The molecule has 2 aromatic carbocycles. The maximum absolute atomic E-state index is 16.1. The van der Waals surface area contributed by atoms with Gasteiger partial charge in [0.25, 0.3) is 0 Å². The highest BCUT2D eigenvalue weighted by Crippen LogP contribution is 2.43. The molecule has 178 valence electrons. The van der Waals surface area contributed by atoms with Crippen molar-refractivity contribution in [1.82, 2.24) is 14.7 Å². The van der Waals surface area contributed by atoms with E-state index >= 15 is 4.39 Å². The summed E-state index contributed by atoms with van der Waals surface area (Å²) in [7, 11) is 3.80. The predicted octanol–water partition coefficient (Wildman–Crippen LogP) is 3.36. The summed E-state index contributed by atoms with van der Waals surface area (Å²) in [5.74, 6) is 5.40. The fraction of sp³-hybridized carbons (Fsp3) is 0.346. The number of ether oxygens (including phenoxy) is 1. The zero-order valence-corrected chi connectivity index (χ0v) is 20.0. The third kappa shape index (κ3) is 4.76. The average molecular weight is 484 g/mol. The van der Waals surface area contributed by atoms with E-state index in [4.69, 9.17) is 16.3 Å². The second-order valence-electron chi connectivity index (χ2n) is 8.70. The average Bonchev–Trinajstić information content (AvgIpc) is 2.98. The number of phenolic OH excluding ortho intramolecular Hbond substituents is 1. The molecular weight excluding hydrogens is 457 g/mol. The second kappa shape index (κ2) is 10.1. The van der Waals surface area contributed by atoms with E-state index in [1.807, 2.05) is 25.1 Å². The SMILES string of the molecule is C=CC(=O)N1CCN2Cc3cc(C#CCN(C)C)c(-c4c(O)cccc4Cl)c(F)c3OC[C@H]2C1. The number of fused-ring (bicyclic) bond motifs is 2. The number of carbonyl (C=O) groups is 1. The van der Waals surface area contributed by atoms with Crippen LogP contribution in [0.25, 0.3) is 11.1 Å². The Morgan fingerprint density at radius 3 is 2.88 bits per heavy atom. The zero-order valence-electron chi connectivity index (χ0n) is 19.3. The molecule has 2 aromatic rings. The minimum absolute atomic E-state index is 0.0788. The van der Waals surface area contributed by atoms with Crippen molar-refractivity contribution in [3.63, 3.8) is 0 Å². The highest BCUT2D eigenvalue weighted by atomic mass is 35.5. The van der Waals surface area contributed by atoms with Crippen LogP contribution in [0.1, 0.15) is 11.1 Å². The molecule has 1 saturated heterocycles. The third-order valence-electron chi connectivity index (χ3n) is 6.04. The molecule has 1 N–H and O–H groups in total. The van der Waals surface area contributed by atoms with E-state index in [9.17, 15) is 9.90 Å². The quantitative estimate of drug-likeness (QED) is 0.536. The summed E-state index contributed by atoms with van der Waals surface area (Å²) in [4.78, 5) is 17.9. The Balaban J connectivity index is 1.79. The Hall–Kier alpha value is -3.05. The van der Waals surface area contributed by atoms with Crippen molar-refractivity contribution in [2.24, 2.45) is 0 Å². The van der Waals surface area contributed by atoms with Gasteiger partial charge in [0.2, 0.25) is 5.91 Å². The standard InChI is InChI=1S/C26H27ClFN3O3/c1-4-22(33)31-12-11-30-14-18-13-17(7-6-10-29(2)3)23(24-20(27)8-5-9-21(24)32)25(28)26(18)34-16-19(30)15-31/h4-5,8-9,13,19,32H,1,10-12,14-16H2,2-3H3/t19-/m1/s1. The summed E-state index contributed by atoms with van der Waals surface area (Å²) in [6, 6.07) is 6.42. The molecule has 8 heteroatoms. The summed E-state index contributed by atoms with van der Waals surface area (Å²) >= 11 is 6.39. The van der Waals surface area contributed by atoms with Crippen molar-refractivity contribution in [1.29, 1.82) is 0 Å². The molecular formula is C26H27ClFN3O3. The minimum Gasteiger partial charge on any atom is -0.507 e. The van der Waals surface area contributed by atoms with Gasteiger partial charge < -0.3 is 14.7 Å². The molecule has 0 bridgehead atoms. The lowest BCUT2D eigenvalue weighted by molar-refractivity contribution is -0.129. The molecule has 6 nitrogen and oxygen atoms in total. The molecule has 1 atom stereocenters. The van der Waals surface area contributed by atoms with E-state index in [0.717, 1.165) is 0 Å². The second-order valence-corrected chi connectivity index (χ2v) is 9.11. The van der Waals surface area contributed by atoms with Crippen LogP contribution in [0.15, 0.2) is 36.9 Å². The lowest BCUT2D eigenvalue weighted by Crippen LogP contribution is -2.55. The van der Waals surface area contributed by atoms with E-state index in [0.29, 0.717) is 43.9 Å². The zero-order chi connectivity index (χ0) is 24.4. The largest absolute Gasteiger partial charge is 0.507 e. The molecule has 1 amide bonds. The molecule has 0 radical (unpaired) electrons. The van der Waals surface area contributed by atoms with Gasteiger partial charge in [-0.1, -0.05) is 36.1 Å². The monoisotopic (exact) mass is 483 g/mol. The van der Waals surface area contributed by atoms with Gasteiger partial charge in [-0.05, 0) is 38.4 Å². The van der Waals surface area contributed by atoms with E-state index in [-0.39, 0.29) is 46.2 Å². The summed E-state index contributed by atoms with van der Waals surface area (Å²) in [6.07, 6.45) is 1.31. The lowest BCUT2D eigenvalue weighted by Gasteiger charge is -2.39. The number of phenols is 1. The van der Waals surface area contributed by atoms with E-state index in [1.54, 1.807) is 17.0 Å². The number of amides is 1. The summed E-state index contributed by atoms with van der Waals surface area (Å²) < 4.78 is 22.1. The smallest absolute Gasteiger partial charge is 0.246 e. The van der Waals surface area contributed by atoms with E-state index in [1.165, 1.54) is 12.1 Å². The summed E-state index contributed by atoms with van der Waals surface area (Å²) in [5, 5.41) is 10.8. The number of hydrogen-bond donors (Lipinski definition) is 1. The third-order valence-corrected chi connectivity index (χ3v) is 6.36. The van der Waals surface area contributed by atoms with Crippen LogP contribution in [0.3, 0.4) is 0 Å². The normalized spacial score (nSPS) is 17.7. The van der Waals surface area contributed by atoms with Crippen molar-refractivity contribution in [2.75, 3.05) is 46.9 Å². The fourth-order valence-corrected chi connectivity index (χ4v) is 4.61. The highest BCUT2D eigenvalue weighted by molar-refractivity contribution is 6.33. The number of halogens is 2. The fourth-order valence-electron chi connectivity index (χ4n) is 4.34. The van der Waals surface area contributed by atoms with Crippen LogP contribution in [0, 0.1) is 17.7 Å². The molecule has 0 unspecified atom stereocenters. The molecule has 2 heterocycles. The number of piperazine rings is 1. The van der Waals surface area contributed by atoms with Gasteiger partial charge in [0.15, 0.2) is 11.6 Å². The maximum Gasteiger partial charge on any atom is 0.246 e. The van der Waals surface area contributed by atoms with Crippen LogP contribution in [-0.2, 0) is 11.3 Å². The number of nitrogens with zero attached hydrogens (tertiary/aromatic N) is 3. The number of carbonyl (C=O) groups excluding carboxylic acids is 1. The van der Waals surface area contributed by atoms with Crippen molar-refractivity contribution < 1.29 is 19.0 Å². The van der Waals surface area contributed by atoms with E-state index < -0.39 is 5.82 Å². The van der Waals surface area contributed by atoms with Gasteiger partial charge in [-0.15, -0.1) is 0 Å². The first-order valence-electron chi connectivity index (χ1n) is 11.0. The Bertz CT molecular complexity index is 1170. The Labute approximate surface area is 204 Å². The van der Waals surface area contributed by atoms with Crippen LogP contribution in [-0.4, -0.2) is 78.6 Å². The summed E-state index contributed by atoms with van der Waals surface area (Å²) in [6.45, 7) is 6.44. The van der Waals surface area contributed by atoms with Crippen LogP contribution < -0.4 is 4.74 Å². The topological polar surface area (TPSA) is 56.3 Å². The van der Waals surface area contributed by atoms with Gasteiger partial charge in [-0.2, -0.15) is 0 Å². The first-order valence-corrected chi connectivity index (χ1v) is 11.4. The van der Waals surface area contributed by atoms with Crippen molar-refractivity contribution in [3.8, 4) is 34.5 Å². The Morgan fingerprint density at radius 2 is 2.18 bits per heavy atom. The molecule has 1 fully saturated rings. The van der Waals surface area contributed by atoms with Crippen LogP contribution in [0.4, 0.5) is 4.39 Å². The Morgan fingerprint density at radius 1 is 1.38 bits per heavy atom. The highest BCUT2D eigenvalue weighted by Gasteiger charge is 2.34. The van der Waals surface area contributed by atoms with Gasteiger partial charge >= 0.3 is 0 Å². The first-order chi connectivity index (χ1) is 16.3. The minimum atomic E-state index is -0.603.